The molecule has 0 radical (unpaired) electrons. The highest BCUT2D eigenvalue weighted by Gasteiger charge is 2.19. The van der Waals surface area contributed by atoms with Crippen LogP contribution in [0.15, 0.2) is 15.5 Å². The van der Waals surface area contributed by atoms with Crippen LogP contribution in [0.4, 0.5) is 5.69 Å². The van der Waals surface area contributed by atoms with E-state index in [9.17, 15) is 4.79 Å². The van der Waals surface area contributed by atoms with E-state index in [0.29, 0.717) is 16.7 Å². The third kappa shape index (κ3) is 4.05. The first-order chi connectivity index (χ1) is 10.0. The molecule has 7 heteroatoms. The van der Waals surface area contributed by atoms with Crippen LogP contribution < -0.4 is 10.9 Å². The van der Waals surface area contributed by atoms with Crippen LogP contribution in [0.25, 0.3) is 0 Å². The molecule has 1 unspecified atom stereocenters. The van der Waals surface area contributed by atoms with Crippen molar-refractivity contribution in [1.29, 1.82) is 0 Å². The third-order valence-corrected chi connectivity index (χ3v) is 4.39. The van der Waals surface area contributed by atoms with Crippen molar-refractivity contribution in [2.45, 2.75) is 32.9 Å². The highest BCUT2D eigenvalue weighted by molar-refractivity contribution is 9.10. The Kier molecular flexibility index (Phi) is 5.78. The second-order valence-corrected chi connectivity index (χ2v) is 6.28. The second kappa shape index (κ2) is 7.38. The van der Waals surface area contributed by atoms with Gasteiger partial charge in [0.25, 0.3) is 5.56 Å². The number of likely N-dealkylation sites (N-methyl/N-ethyl adjacent to an activating group) is 1. The van der Waals surface area contributed by atoms with Gasteiger partial charge >= 0.3 is 0 Å². The van der Waals surface area contributed by atoms with E-state index < -0.39 is 0 Å². The minimum atomic E-state index is -0.116. The lowest BCUT2D eigenvalue weighted by atomic mass is 10.2. The van der Waals surface area contributed by atoms with Crippen LogP contribution in [0, 0.1) is 0 Å². The van der Waals surface area contributed by atoms with Crippen molar-refractivity contribution < 1.29 is 4.74 Å². The number of hydrogen-bond acceptors (Lipinski definition) is 5. The van der Waals surface area contributed by atoms with E-state index in [1.165, 1.54) is 4.68 Å². The molecule has 1 atom stereocenters. The lowest BCUT2D eigenvalue weighted by Crippen LogP contribution is -2.45. The van der Waals surface area contributed by atoms with Crippen LogP contribution in [-0.4, -0.2) is 53.6 Å². The zero-order valence-electron chi connectivity index (χ0n) is 12.8. The van der Waals surface area contributed by atoms with Crippen LogP contribution in [0.3, 0.4) is 0 Å². The summed E-state index contributed by atoms with van der Waals surface area (Å²) < 4.78 is 7.73. The molecule has 0 saturated carbocycles. The molecule has 1 aliphatic heterocycles. The molecular formula is C14H23BrN4O2. The van der Waals surface area contributed by atoms with Gasteiger partial charge in [-0.3, -0.25) is 9.69 Å². The summed E-state index contributed by atoms with van der Waals surface area (Å²) in [5.41, 5.74) is 0.601. The van der Waals surface area contributed by atoms with Gasteiger partial charge in [0, 0.05) is 19.6 Å². The van der Waals surface area contributed by atoms with Crippen molar-refractivity contribution >= 4 is 21.6 Å². The van der Waals surface area contributed by atoms with E-state index in [1.807, 2.05) is 13.8 Å². The topological polar surface area (TPSA) is 59.4 Å². The van der Waals surface area contributed by atoms with E-state index in [-0.39, 0.29) is 17.7 Å². The number of halogens is 1. The van der Waals surface area contributed by atoms with Crippen molar-refractivity contribution in [3.8, 4) is 0 Å². The molecule has 21 heavy (non-hydrogen) atoms. The Labute approximate surface area is 133 Å². The fraction of sp³-hybridized carbons (Fsp3) is 0.714. The van der Waals surface area contributed by atoms with Gasteiger partial charge in [-0.2, -0.15) is 5.10 Å². The molecule has 6 nitrogen and oxygen atoms in total. The summed E-state index contributed by atoms with van der Waals surface area (Å²) in [5.74, 6) is 0. The molecule has 118 valence electrons. The number of nitrogens with one attached hydrogen (secondary N) is 1. The quantitative estimate of drug-likeness (QED) is 0.868. The van der Waals surface area contributed by atoms with Gasteiger partial charge < -0.3 is 10.1 Å². The highest BCUT2D eigenvalue weighted by Crippen LogP contribution is 2.17. The SMILES string of the molecule is CCN1CCOC(CNc2cnn(C(C)C)c(=O)c2Br)C1. The van der Waals surface area contributed by atoms with Crippen LogP contribution in [0.1, 0.15) is 26.8 Å². The Morgan fingerprint density at radius 2 is 2.33 bits per heavy atom. The monoisotopic (exact) mass is 358 g/mol. The largest absolute Gasteiger partial charge is 0.380 e. The van der Waals surface area contributed by atoms with Crippen molar-refractivity contribution in [2.75, 3.05) is 38.1 Å². The van der Waals surface area contributed by atoms with Gasteiger partial charge in [0.1, 0.15) is 4.47 Å². The first-order valence-corrected chi connectivity index (χ1v) is 8.17. The number of nitrogens with zero attached hydrogens (tertiary/aromatic N) is 3. The summed E-state index contributed by atoms with van der Waals surface area (Å²) in [6, 6.07) is 0.0441. The van der Waals surface area contributed by atoms with Gasteiger partial charge in [-0.15, -0.1) is 0 Å². The highest BCUT2D eigenvalue weighted by atomic mass is 79.9. The fourth-order valence-electron chi connectivity index (χ4n) is 2.35. The number of morpholine rings is 1. The molecule has 1 N–H and O–H groups in total. The van der Waals surface area contributed by atoms with E-state index in [1.54, 1.807) is 6.20 Å². The Hall–Kier alpha value is -0.920. The predicted molar refractivity (Wildman–Crippen MR) is 86.9 cm³/mol. The molecule has 0 aliphatic carbocycles. The average molecular weight is 359 g/mol. The van der Waals surface area contributed by atoms with Gasteiger partial charge in [-0.05, 0) is 36.3 Å². The smallest absolute Gasteiger partial charge is 0.283 e. The molecule has 2 rings (SSSR count). The molecule has 1 fully saturated rings. The van der Waals surface area contributed by atoms with Crippen LogP contribution in [0.5, 0.6) is 0 Å². The predicted octanol–water partition coefficient (Wildman–Crippen LogP) is 1.72. The standard InChI is InChI=1S/C14H23BrN4O2/c1-4-18-5-6-21-11(9-18)7-16-12-8-17-19(10(2)3)14(20)13(12)15/h8,10-11,16H,4-7,9H2,1-3H3. The van der Waals surface area contributed by atoms with E-state index in [2.05, 4.69) is 38.2 Å². The zero-order valence-corrected chi connectivity index (χ0v) is 14.4. The molecule has 0 bridgehead atoms. The maximum atomic E-state index is 12.2. The number of rotatable bonds is 5. The number of aromatic nitrogens is 2. The molecule has 1 aromatic rings. The number of anilines is 1. The summed E-state index contributed by atoms with van der Waals surface area (Å²) in [4.78, 5) is 14.5. The van der Waals surface area contributed by atoms with Crippen molar-refractivity contribution in [3.63, 3.8) is 0 Å². The molecule has 2 heterocycles. The summed E-state index contributed by atoms with van der Waals surface area (Å²) in [6.07, 6.45) is 1.82. The van der Waals surface area contributed by atoms with Crippen LogP contribution >= 0.6 is 15.9 Å². The number of ether oxygens (including phenoxy) is 1. The Morgan fingerprint density at radius 1 is 1.57 bits per heavy atom. The lowest BCUT2D eigenvalue weighted by Gasteiger charge is -2.32. The summed E-state index contributed by atoms with van der Waals surface area (Å²) >= 11 is 3.36. The normalized spacial score (nSPS) is 20.0. The zero-order chi connectivity index (χ0) is 15.4. The Morgan fingerprint density at radius 3 is 3.00 bits per heavy atom. The van der Waals surface area contributed by atoms with Gasteiger partial charge in [0.2, 0.25) is 0 Å². The average Bonchev–Trinajstić information content (AvgIpc) is 2.48. The van der Waals surface area contributed by atoms with Crippen LogP contribution in [0.2, 0.25) is 0 Å². The Balaban J connectivity index is 2.00. The molecular weight excluding hydrogens is 336 g/mol. The minimum absolute atomic E-state index is 0.0441. The third-order valence-electron chi connectivity index (χ3n) is 3.62. The lowest BCUT2D eigenvalue weighted by molar-refractivity contribution is -0.0191. The van der Waals surface area contributed by atoms with Crippen molar-refractivity contribution in [3.05, 3.63) is 21.0 Å². The molecule has 1 saturated heterocycles. The molecule has 0 aromatic carbocycles. The van der Waals surface area contributed by atoms with Gasteiger partial charge in [0.05, 0.1) is 30.6 Å². The van der Waals surface area contributed by atoms with Gasteiger partial charge in [0.15, 0.2) is 0 Å². The van der Waals surface area contributed by atoms with E-state index in [0.717, 1.165) is 26.2 Å². The summed E-state index contributed by atoms with van der Waals surface area (Å²) in [5, 5.41) is 7.45. The Bertz CT molecular complexity index is 532. The van der Waals surface area contributed by atoms with Crippen LogP contribution in [-0.2, 0) is 4.74 Å². The van der Waals surface area contributed by atoms with Gasteiger partial charge in [-0.25, -0.2) is 4.68 Å². The molecule has 1 aromatic heterocycles. The molecule has 0 amide bonds. The maximum Gasteiger partial charge on any atom is 0.283 e. The van der Waals surface area contributed by atoms with E-state index >= 15 is 0 Å². The molecule has 1 aliphatic rings. The van der Waals surface area contributed by atoms with Crippen molar-refractivity contribution in [1.82, 2.24) is 14.7 Å². The van der Waals surface area contributed by atoms with Gasteiger partial charge in [-0.1, -0.05) is 6.92 Å². The summed E-state index contributed by atoms with van der Waals surface area (Å²) in [7, 11) is 0. The maximum absolute atomic E-state index is 12.2. The van der Waals surface area contributed by atoms with E-state index in [4.69, 9.17) is 4.74 Å². The minimum Gasteiger partial charge on any atom is -0.380 e. The molecule has 0 spiro atoms. The summed E-state index contributed by atoms with van der Waals surface area (Å²) in [6.45, 7) is 10.4. The fourth-order valence-corrected chi connectivity index (χ4v) is 2.78. The first kappa shape index (κ1) is 16.5. The second-order valence-electron chi connectivity index (χ2n) is 5.48. The first-order valence-electron chi connectivity index (χ1n) is 7.38. The van der Waals surface area contributed by atoms with Crippen molar-refractivity contribution in [2.24, 2.45) is 0 Å². The number of hydrogen-bond donors (Lipinski definition) is 1.